The molecule has 27 heavy (non-hydrogen) atoms. The zero-order valence-corrected chi connectivity index (χ0v) is 16.8. The predicted octanol–water partition coefficient (Wildman–Crippen LogP) is 2.26. The van der Waals surface area contributed by atoms with Gasteiger partial charge in [-0.1, -0.05) is 19.9 Å². The standard InChI is InChI=1S/C19H25N5O2S/c1-13(2)19-22-16(12-27-19)18(26)21-11-15-5-4-6-20-17(15)24-9-7-23(8-10-24)14(3)25/h4-6,12-13H,7-11H2,1-3H3,(H,21,26). The van der Waals surface area contributed by atoms with Crippen molar-refractivity contribution >= 4 is 29.0 Å². The molecule has 144 valence electrons. The Morgan fingerprint density at radius 2 is 2.00 bits per heavy atom. The Balaban J connectivity index is 1.64. The minimum absolute atomic E-state index is 0.104. The average molecular weight is 388 g/mol. The lowest BCUT2D eigenvalue weighted by Crippen LogP contribution is -2.48. The van der Waals surface area contributed by atoms with Crippen LogP contribution < -0.4 is 10.2 Å². The molecule has 0 radical (unpaired) electrons. The molecule has 1 aliphatic rings. The molecule has 2 aromatic rings. The van der Waals surface area contributed by atoms with Crippen LogP contribution in [0.3, 0.4) is 0 Å². The third-order valence-corrected chi connectivity index (χ3v) is 5.73. The Morgan fingerprint density at radius 1 is 1.26 bits per heavy atom. The molecule has 0 unspecified atom stereocenters. The number of anilines is 1. The molecule has 2 aromatic heterocycles. The monoisotopic (exact) mass is 387 g/mol. The minimum atomic E-state index is -0.172. The SMILES string of the molecule is CC(=O)N1CCN(c2ncccc2CNC(=O)c2csc(C(C)C)n2)CC1. The van der Waals surface area contributed by atoms with Crippen molar-refractivity contribution in [2.75, 3.05) is 31.1 Å². The molecule has 7 nitrogen and oxygen atoms in total. The van der Waals surface area contributed by atoms with E-state index >= 15 is 0 Å². The van der Waals surface area contributed by atoms with Crippen molar-refractivity contribution < 1.29 is 9.59 Å². The van der Waals surface area contributed by atoms with E-state index < -0.39 is 0 Å². The highest BCUT2D eigenvalue weighted by molar-refractivity contribution is 7.09. The second-order valence-corrected chi connectivity index (χ2v) is 7.78. The third kappa shape index (κ3) is 4.63. The Kier molecular flexibility index (Phi) is 6.05. The van der Waals surface area contributed by atoms with E-state index in [9.17, 15) is 9.59 Å². The van der Waals surface area contributed by atoms with Gasteiger partial charge in [-0.2, -0.15) is 0 Å². The fourth-order valence-electron chi connectivity index (χ4n) is 3.01. The van der Waals surface area contributed by atoms with Crippen molar-refractivity contribution in [1.29, 1.82) is 0 Å². The van der Waals surface area contributed by atoms with Crippen LogP contribution in [0.1, 0.15) is 47.7 Å². The topological polar surface area (TPSA) is 78.4 Å². The maximum Gasteiger partial charge on any atom is 0.271 e. The summed E-state index contributed by atoms with van der Waals surface area (Å²) in [6, 6.07) is 3.84. The van der Waals surface area contributed by atoms with Crippen LogP contribution in [0.5, 0.6) is 0 Å². The average Bonchev–Trinajstić information content (AvgIpc) is 3.17. The first-order valence-electron chi connectivity index (χ1n) is 9.13. The van der Waals surface area contributed by atoms with Gasteiger partial charge in [-0.15, -0.1) is 11.3 Å². The molecule has 1 aliphatic heterocycles. The molecule has 0 bridgehead atoms. The van der Waals surface area contributed by atoms with Crippen LogP contribution in [-0.2, 0) is 11.3 Å². The van der Waals surface area contributed by atoms with Crippen LogP contribution >= 0.6 is 11.3 Å². The predicted molar refractivity (Wildman–Crippen MR) is 106 cm³/mol. The van der Waals surface area contributed by atoms with Crippen molar-refractivity contribution in [3.63, 3.8) is 0 Å². The summed E-state index contributed by atoms with van der Waals surface area (Å²) >= 11 is 1.51. The number of aromatic nitrogens is 2. The number of nitrogens with zero attached hydrogens (tertiary/aromatic N) is 4. The fourth-order valence-corrected chi connectivity index (χ4v) is 3.82. The van der Waals surface area contributed by atoms with Gasteiger partial charge in [0.25, 0.3) is 5.91 Å². The first-order valence-corrected chi connectivity index (χ1v) is 10.0. The van der Waals surface area contributed by atoms with Crippen molar-refractivity contribution in [2.45, 2.75) is 33.2 Å². The Labute approximate surface area is 163 Å². The zero-order valence-electron chi connectivity index (χ0n) is 15.9. The van der Waals surface area contributed by atoms with Crippen LogP contribution in [0.2, 0.25) is 0 Å². The van der Waals surface area contributed by atoms with Gasteiger partial charge in [0, 0.05) is 62.7 Å². The van der Waals surface area contributed by atoms with Crippen molar-refractivity contribution in [3.8, 4) is 0 Å². The number of carbonyl (C=O) groups excluding carboxylic acids is 2. The van der Waals surface area contributed by atoms with Crippen LogP contribution in [0.25, 0.3) is 0 Å². The van der Waals surface area contributed by atoms with E-state index in [0.29, 0.717) is 31.2 Å². The first kappa shape index (κ1) is 19.3. The molecular weight excluding hydrogens is 362 g/mol. The summed E-state index contributed by atoms with van der Waals surface area (Å²) in [6.45, 7) is 8.97. The number of thiazole rings is 1. The van der Waals surface area contributed by atoms with Crippen molar-refractivity contribution in [1.82, 2.24) is 20.2 Å². The van der Waals surface area contributed by atoms with E-state index in [1.807, 2.05) is 17.0 Å². The number of amides is 2. The molecule has 3 heterocycles. The molecule has 0 atom stereocenters. The Bertz CT molecular complexity index is 812. The van der Waals surface area contributed by atoms with Crippen LogP contribution in [-0.4, -0.2) is 52.9 Å². The smallest absolute Gasteiger partial charge is 0.271 e. The lowest BCUT2D eigenvalue weighted by Gasteiger charge is -2.35. The molecule has 0 aromatic carbocycles. The molecule has 1 fully saturated rings. The highest BCUT2D eigenvalue weighted by Gasteiger charge is 2.21. The van der Waals surface area contributed by atoms with Gasteiger partial charge in [0.05, 0.1) is 5.01 Å². The van der Waals surface area contributed by atoms with Gasteiger partial charge in [-0.25, -0.2) is 9.97 Å². The van der Waals surface area contributed by atoms with Crippen molar-refractivity contribution in [2.24, 2.45) is 0 Å². The van der Waals surface area contributed by atoms with E-state index in [1.165, 1.54) is 11.3 Å². The van der Waals surface area contributed by atoms with Crippen LogP contribution in [0, 0.1) is 0 Å². The second-order valence-electron chi connectivity index (χ2n) is 6.89. The lowest BCUT2D eigenvalue weighted by atomic mass is 10.2. The molecule has 0 aliphatic carbocycles. The number of hydrogen-bond donors (Lipinski definition) is 1. The molecular formula is C19H25N5O2S. The first-order chi connectivity index (χ1) is 13.0. The number of rotatable bonds is 5. The molecule has 0 spiro atoms. The quantitative estimate of drug-likeness (QED) is 0.851. The highest BCUT2D eigenvalue weighted by Crippen LogP contribution is 2.21. The third-order valence-electron chi connectivity index (χ3n) is 4.58. The number of nitrogens with one attached hydrogen (secondary N) is 1. The molecule has 0 saturated carbocycles. The maximum absolute atomic E-state index is 12.4. The summed E-state index contributed by atoms with van der Waals surface area (Å²) in [6.07, 6.45) is 1.76. The summed E-state index contributed by atoms with van der Waals surface area (Å²) in [5.41, 5.74) is 1.42. The number of hydrogen-bond acceptors (Lipinski definition) is 6. The van der Waals surface area contributed by atoms with Gasteiger partial charge in [-0.3, -0.25) is 9.59 Å². The van der Waals surface area contributed by atoms with Gasteiger partial charge in [0.1, 0.15) is 11.5 Å². The van der Waals surface area contributed by atoms with E-state index in [4.69, 9.17) is 0 Å². The van der Waals surface area contributed by atoms with Gasteiger partial charge < -0.3 is 15.1 Å². The normalized spacial score (nSPS) is 14.5. The van der Waals surface area contributed by atoms with Gasteiger partial charge >= 0.3 is 0 Å². The minimum Gasteiger partial charge on any atom is -0.353 e. The molecule has 8 heteroatoms. The summed E-state index contributed by atoms with van der Waals surface area (Å²) in [5.74, 6) is 1.11. The summed E-state index contributed by atoms with van der Waals surface area (Å²) in [7, 11) is 0. The molecule has 1 N–H and O–H groups in total. The summed E-state index contributed by atoms with van der Waals surface area (Å²) < 4.78 is 0. The molecule has 1 saturated heterocycles. The molecule has 2 amide bonds. The van der Waals surface area contributed by atoms with Crippen LogP contribution in [0.15, 0.2) is 23.7 Å². The van der Waals surface area contributed by atoms with E-state index in [2.05, 4.69) is 34.0 Å². The Morgan fingerprint density at radius 3 is 2.63 bits per heavy atom. The largest absolute Gasteiger partial charge is 0.353 e. The van der Waals surface area contributed by atoms with E-state index in [0.717, 1.165) is 29.5 Å². The van der Waals surface area contributed by atoms with Gasteiger partial charge in [0.15, 0.2) is 0 Å². The van der Waals surface area contributed by atoms with E-state index in [-0.39, 0.29) is 11.8 Å². The van der Waals surface area contributed by atoms with Gasteiger partial charge in [0.2, 0.25) is 5.91 Å². The van der Waals surface area contributed by atoms with Crippen molar-refractivity contribution in [3.05, 3.63) is 40.0 Å². The van der Waals surface area contributed by atoms with Crippen LogP contribution in [0.4, 0.5) is 5.82 Å². The Hall–Kier alpha value is -2.48. The zero-order chi connectivity index (χ0) is 19.4. The lowest BCUT2D eigenvalue weighted by molar-refractivity contribution is -0.129. The highest BCUT2D eigenvalue weighted by atomic mass is 32.1. The van der Waals surface area contributed by atoms with E-state index in [1.54, 1.807) is 18.5 Å². The number of pyridine rings is 1. The second kappa shape index (κ2) is 8.47. The fraction of sp³-hybridized carbons (Fsp3) is 0.474. The number of carbonyl (C=O) groups is 2. The molecule has 3 rings (SSSR count). The summed E-state index contributed by atoms with van der Waals surface area (Å²) in [5, 5.41) is 5.71. The van der Waals surface area contributed by atoms with Gasteiger partial charge in [-0.05, 0) is 6.07 Å². The summed E-state index contributed by atoms with van der Waals surface area (Å²) in [4.78, 5) is 36.8. The number of piperazine rings is 1. The maximum atomic E-state index is 12.4.